The van der Waals surface area contributed by atoms with Crippen LogP contribution in [0.1, 0.15) is 36.0 Å². The number of hydrogen-bond donors (Lipinski definition) is 0. The summed E-state index contributed by atoms with van der Waals surface area (Å²) in [6, 6.07) is 4.08. The van der Waals surface area contributed by atoms with E-state index in [1.165, 1.54) is 0 Å². The third-order valence-electron chi connectivity index (χ3n) is 4.46. The summed E-state index contributed by atoms with van der Waals surface area (Å²) in [6.45, 7) is 4.72. The first-order valence-electron chi connectivity index (χ1n) is 8.23. The Labute approximate surface area is 145 Å². The molecule has 3 aromatic heterocycles. The number of aromatic nitrogens is 5. The van der Waals surface area contributed by atoms with Crippen molar-refractivity contribution in [2.75, 3.05) is 18.0 Å². The molecule has 0 amide bonds. The number of aryl methyl sites for hydroxylation is 1. The van der Waals surface area contributed by atoms with Crippen LogP contribution in [-0.4, -0.2) is 37.8 Å². The van der Waals surface area contributed by atoms with Crippen LogP contribution >= 0.6 is 11.3 Å². The summed E-state index contributed by atoms with van der Waals surface area (Å²) in [6.07, 6.45) is 6.25. The van der Waals surface area contributed by atoms with Gasteiger partial charge in [-0.3, -0.25) is 0 Å². The van der Waals surface area contributed by atoms with Crippen molar-refractivity contribution >= 4 is 17.2 Å². The fourth-order valence-electron chi connectivity index (χ4n) is 3.26. The molecule has 0 radical (unpaired) electrons. The van der Waals surface area contributed by atoms with E-state index in [-0.39, 0.29) is 0 Å². The lowest BCUT2D eigenvalue weighted by molar-refractivity contribution is 0.472. The molecule has 0 unspecified atom stereocenters. The van der Waals surface area contributed by atoms with Crippen LogP contribution in [-0.2, 0) is 6.54 Å². The minimum Gasteiger partial charge on any atom is -0.354 e. The van der Waals surface area contributed by atoms with Crippen molar-refractivity contribution in [3.8, 4) is 0 Å². The van der Waals surface area contributed by atoms with Gasteiger partial charge in [-0.15, -0.1) is 16.4 Å². The van der Waals surface area contributed by atoms with Crippen molar-refractivity contribution < 1.29 is 0 Å². The van der Waals surface area contributed by atoms with Crippen LogP contribution in [0.3, 0.4) is 0 Å². The molecule has 6 nitrogen and oxygen atoms in total. The topological polar surface area (TPSA) is 59.7 Å². The Hall–Kier alpha value is -2.28. The number of thiazole rings is 1. The highest BCUT2D eigenvalue weighted by molar-refractivity contribution is 7.07. The van der Waals surface area contributed by atoms with Gasteiger partial charge in [-0.2, -0.15) is 5.10 Å². The fraction of sp³-hybridized carbons (Fsp3) is 0.412. The van der Waals surface area contributed by atoms with Gasteiger partial charge in [0, 0.05) is 36.8 Å². The van der Waals surface area contributed by atoms with E-state index in [1.807, 2.05) is 24.7 Å². The van der Waals surface area contributed by atoms with E-state index >= 15 is 0 Å². The van der Waals surface area contributed by atoms with Crippen LogP contribution in [0.4, 0.5) is 5.82 Å². The number of piperidine rings is 1. The molecular weight excluding hydrogens is 320 g/mol. The average Bonchev–Trinajstić information content (AvgIpc) is 3.28. The summed E-state index contributed by atoms with van der Waals surface area (Å²) in [4.78, 5) is 11.3. The fourth-order valence-corrected chi connectivity index (χ4v) is 3.81. The second-order valence-corrected chi connectivity index (χ2v) is 6.93. The van der Waals surface area contributed by atoms with Crippen LogP contribution in [0.15, 0.2) is 35.4 Å². The number of rotatable bonds is 4. The molecule has 24 heavy (non-hydrogen) atoms. The highest BCUT2D eigenvalue weighted by Crippen LogP contribution is 2.28. The summed E-state index contributed by atoms with van der Waals surface area (Å²) in [7, 11) is 0. The molecule has 4 heterocycles. The zero-order valence-corrected chi connectivity index (χ0v) is 14.5. The predicted molar refractivity (Wildman–Crippen MR) is 94.4 cm³/mol. The Balaban J connectivity index is 1.52. The van der Waals surface area contributed by atoms with Crippen molar-refractivity contribution in [2.45, 2.75) is 32.2 Å². The lowest BCUT2D eigenvalue weighted by Gasteiger charge is -2.33. The van der Waals surface area contributed by atoms with Gasteiger partial charge < -0.3 is 9.47 Å². The predicted octanol–water partition coefficient (Wildman–Crippen LogP) is 2.87. The molecule has 0 N–H and O–H groups in total. The largest absolute Gasteiger partial charge is 0.354 e. The van der Waals surface area contributed by atoms with Crippen molar-refractivity contribution in [1.29, 1.82) is 0 Å². The zero-order chi connectivity index (χ0) is 16.4. The minimum absolute atomic E-state index is 0.412. The SMILES string of the molecule is Cc1ccc(N2CCC[C@@H](c3nccn3Cc3cscn3)C2)nn1. The zero-order valence-electron chi connectivity index (χ0n) is 13.7. The number of imidazole rings is 1. The Morgan fingerprint density at radius 3 is 3.00 bits per heavy atom. The lowest BCUT2D eigenvalue weighted by atomic mass is 9.97. The maximum atomic E-state index is 4.64. The molecule has 7 heteroatoms. The monoisotopic (exact) mass is 340 g/mol. The molecule has 3 aromatic rings. The Morgan fingerprint density at radius 1 is 1.25 bits per heavy atom. The van der Waals surface area contributed by atoms with Gasteiger partial charge in [-0.05, 0) is 31.9 Å². The number of anilines is 1. The van der Waals surface area contributed by atoms with E-state index in [1.54, 1.807) is 11.3 Å². The summed E-state index contributed by atoms with van der Waals surface area (Å²) in [5.74, 6) is 2.52. The van der Waals surface area contributed by atoms with Crippen molar-refractivity contribution in [3.05, 3.63) is 52.6 Å². The Kier molecular flexibility index (Phi) is 4.25. The molecule has 1 aliphatic heterocycles. The molecule has 4 rings (SSSR count). The molecule has 0 aromatic carbocycles. The third-order valence-corrected chi connectivity index (χ3v) is 5.09. The summed E-state index contributed by atoms with van der Waals surface area (Å²) in [5.41, 5.74) is 3.92. The highest BCUT2D eigenvalue weighted by Gasteiger charge is 2.25. The first-order valence-corrected chi connectivity index (χ1v) is 9.17. The molecule has 0 spiro atoms. The molecule has 124 valence electrons. The first-order chi connectivity index (χ1) is 11.8. The van der Waals surface area contributed by atoms with E-state index in [0.717, 1.165) is 55.5 Å². The number of nitrogens with zero attached hydrogens (tertiary/aromatic N) is 6. The maximum absolute atomic E-state index is 4.64. The summed E-state index contributed by atoms with van der Waals surface area (Å²) < 4.78 is 2.23. The van der Waals surface area contributed by atoms with Crippen LogP contribution in [0.25, 0.3) is 0 Å². The van der Waals surface area contributed by atoms with Crippen LogP contribution in [0.2, 0.25) is 0 Å². The van der Waals surface area contributed by atoms with Gasteiger partial charge >= 0.3 is 0 Å². The van der Waals surface area contributed by atoms with Crippen molar-refractivity contribution in [3.63, 3.8) is 0 Å². The van der Waals surface area contributed by atoms with E-state index in [0.29, 0.717) is 5.92 Å². The van der Waals surface area contributed by atoms with E-state index in [4.69, 9.17) is 0 Å². The lowest BCUT2D eigenvalue weighted by Crippen LogP contribution is -2.36. The van der Waals surface area contributed by atoms with Crippen LogP contribution in [0.5, 0.6) is 0 Å². The van der Waals surface area contributed by atoms with Crippen molar-refractivity contribution in [1.82, 2.24) is 24.7 Å². The maximum Gasteiger partial charge on any atom is 0.151 e. The average molecular weight is 340 g/mol. The van der Waals surface area contributed by atoms with Crippen LogP contribution in [0, 0.1) is 6.92 Å². The van der Waals surface area contributed by atoms with Gasteiger partial charge in [-0.25, -0.2) is 9.97 Å². The van der Waals surface area contributed by atoms with Gasteiger partial charge in [0.25, 0.3) is 0 Å². The van der Waals surface area contributed by atoms with Crippen LogP contribution < -0.4 is 4.90 Å². The molecule has 1 aliphatic rings. The quantitative estimate of drug-likeness (QED) is 0.731. The summed E-state index contributed by atoms with van der Waals surface area (Å²) in [5, 5.41) is 10.6. The van der Waals surface area contributed by atoms with Gasteiger partial charge in [0.15, 0.2) is 5.82 Å². The second-order valence-electron chi connectivity index (χ2n) is 6.21. The normalized spacial score (nSPS) is 18.0. The van der Waals surface area contributed by atoms with Gasteiger partial charge in [0.2, 0.25) is 0 Å². The second kappa shape index (κ2) is 6.68. The van der Waals surface area contributed by atoms with Gasteiger partial charge in [0.05, 0.1) is 23.4 Å². The highest BCUT2D eigenvalue weighted by atomic mass is 32.1. The molecule has 0 aliphatic carbocycles. The molecule has 1 fully saturated rings. The van der Waals surface area contributed by atoms with Crippen molar-refractivity contribution in [2.24, 2.45) is 0 Å². The standard InChI is InChI=1S/C17H20N6S/c1-13-4-5-16(21-20-13)22-7-2-3-14(9-22)17-18-6-8-23(17)10-15-11-24-12-19-15/h4-6,8,11-12,14H,2-3,7,9-10H2,1H3/t14-/m1/s1. The Morgan fingerprint density at radius 2 is 2.21 bits per heavy atom. The van der Waals surface area contributed by atoms with E-state index < -0.39 is 0 Å². The molecule has 0 bridgehead atoms. The smallest absolute Gasteiger partial charge is 0.151 e. The Bertz CT molecular complexity index is 780. The van der Waals surface area contributed by atoms with E-state index in [9.17, 15) is 0 Å². The summed E-state index contributed by atoms with van der Waals surface area (Å²) >= 11 is 1.63. The minimum atomic E-state index is 0.412. The first kappa shape index (κ1) is 15.3. The number of hydrogen-bond acceptors (Lipinski definition) is 6. The molecular formula is C17H20N6S. The van der Waals surface area contributed by atoms with Gasteiger partial charge in [0.1, 0.15) is 5.82 Å². The third kappa shape index (κ3) is 3.17. The van der Waals surface area contributed by atoms with Gasteiger partial charge in [-0.1, -0.05) is 0 Å². The van der Waals surface area contributed by atoms with E-state index in [2.05, 4.69) is 47.3 Å². The molecule has 0 saturated carbocycles. The molecule has 1 atom stereocenters. The molecule has 1 saturated heterocycles.